The van der Waals surface area contributed by atoms with Gasteiger partial charge in [-0.25, -0.2) is 4.39 Å². The summed E-state index contributed by atoms with van der Waals surface area (Å²) in [6.07, 6.45) is 1.50. The predicted molar refractivity (Wildman–Crippen MR) is 60.8 cm³/mol. The number of methoxy groups -OCH3 is 2. The van der Waals surface area contributed by atoms with Crippen LogP contribution in [0, 0.1) is 11.7 Å². The minimum atomic E-state index is -0.481. The molecule has 1 saturated carbocycles. The van der Waals surface area contributed by atoms with E-state index in [4.69, 9.17) is 9.47 Å². The molecule has 2 rings (SSSR count). The van der Waals surface area contributed by atoms with Gasteiger partial charge in [0.1, 0.15) is 17.7 Å². The molecule has 1 unspecified atom stereocenters. The molecule has 4 heteroatoms. The highest BCUT2D eigenvalue weighted by Crippen LogP contribution is 2.36. The summed E-state index contributed by atoms with van der Waals surface area (Å²) in [6, 6.07) is 3.94. The minimum Gasteiger partial charge on any atom is -0.496 e. The Kier molecular flexibility index (Phi) is 3.43. The van der Waals surface area contributed by atoms with E-state index >= 15 is 0 Å². The molecule has 0 saturated heterocycles. The minimum absolute atomic E-state index is 0.202. The molecule has 92 valence electrons. The van der Waals surface area contributed by atoms with Crippen molar-refractivity contribution in [3.63, 3.8) is 0 Å². The Morgan fingerprint density at radius 1 is 1.41 bits per heavy atom. The highest BCUT2D eigenvalue weighted by molar-refractivity contribution is 6.02. The summed E-state index contributed by atoms with van der Waals surface area (Å²) < 4.78 is 23.5. The Morgan fingerprint density at radius 2 is 2.12 bits per heavy atom. The Balaban J connectivity index is 2.31. The van der Waals surface area contributed by atoms with Crippen LogP contribution in [0.4, 0.5) is 4.39 Å². The first-order valence-corrected chi connectivity index (χ1v) is 5.58. The maximum Gasteiger partial charge on any atom is 0.195 e. The van der Waals surface area contributed by atoms with E-state index in [0.717, 1.165) is 12.8 Å². The van der Waals surface area contributed by atoms with Gasteiger partial charge in [0.05, 0.1) is 12.7 Å². The summed E-state index contributed by atoms with van der Waals surface area (Å²) >= 11 is 0. The average Bonchev–Trinajstić information content (AvgIpc) is 3.14. The van der Waals surface area contributed by atoms with Crippen LogP contribution in [-0.2, 0) is 4.74 Å². The van der Waals surface area contributed by atoms with E-state index in [1.54, 1.807) is 0 Å². The second kappa shape index (κ2) is 4.84. The fourth-order valence-electron chi connectivity index (χ4n) is 1.94. The summed E-state index contributed by atoms with van der Waals surface area (Å²) in [6.45, 7) is 0. The monoisotopic (exact) mass is 238 g/mol. The first kappa shape index (κ1) is 12.0. The third-order valence-corrected chi connectivity index (χ3v) is 2.99. The third-order valence-electron chi connectivity index (χ3n) is 2.99. The van der Waals surface area contributed by atoms with E-state index in [1.165, 1.54) is 32.4 Å². The number of benzene rings is 1. The highest BCUT2D eigenvalue weighted by Gasteiger charge is 2.37. The molecule has 0 amide bonds. The standard InChI is InChI=1S/C13H15FO3/c1-16-11-6-5-9(14)7-10(11)12(15)13(17-2)8-3-4-8/h5-8,13H,3-4H2,1-2H3. The van der Waals surface area contributed by atoms with Gasteiger partial charge in [0.2, 0.25) is 0 Å². The zero-order valence-electron chi connectivity index (χ0n) is 9.90. The van der Waals surface area contributed by atoms with E-state index in [9.17, 15) is 9.18 Å². The fourth-order valence-corrected chi connectivity index (χ4v) is 1.94. The van der Waals surface area contributed by atoms with Crippen LogP contribution in [0.1, 0.15) is 23.2 Å². The zero-order chi connectivity index (χ0) is 12.4. The van der Waals surface area contributed by atoms with Crippen molar-refractivity contribution in [2.24, 2.45) is 5.92 Å². The van der Waals surface area contributed by atoms with Crippen LogP contribution in [0.25, 0.3) is 0 Å². The van der Waals surface area contributed by atoms with Crippen LogP contribution in [-0.4, -0.2) is 26.1 Å². The largest absolute Gasteiger partial charge is 0.496 e. The van der Waals surface area contributed by atoms with Gasteiger partial charge in [-0.2, -0.15) is 0 Å². The molecule has 0 N–H and O–H groups in total. The summed E-state index contributed by atoms with van der Waals surface area (Å²) in [5.74, 6) is 0.00530. The van der Waals surface area contributed by atoms with Gasteiger partial charge in [0.25, 0.3) is 0 Å². The molecule has 1 aromatic rings. The molecule has 0 spiro atoms. The van der Waals surface area contributed by atoms with E-state index in [2.05, 4.69) is 0 Å². The van der Waals surface area contributed by atoms with Gasteiger partial charge in [-0.05, 0) is 37.0 Å². The number of ketones is 1. The van der Waals surface area contributed by atoms with E-state index in [0.29, 0.717) is 5.75 Å². The normalized spacial score (nSPS) is 16.6. The van der Waals surface area contributed by atoms with Gasteiger partial charge in [-0.3, -0.25) is 4.79 Å². The number of ether oxygens (including phenoxy) is 2. The van der Waals surface area contributed by atoms with Crippen LogP contribution in [0.3, 0.4) is 0 Å². The number of Topliss-reactive ketones (excluding diaryl/α,β-unsaturated/α-hetero) is 1. The maximum absolute atomic E-state index is 13.2. The van der Waals surface area contributed by atoms with Gasteiger partial charge in [0.15, 0.2) is 5.78 Å². The Bertz CT molecular complexity index is 427. The van der Waals surface area contributed by atoms with Crippen molar-refractivity contribution in [2.45, 2.75) is 18.9 Å². The van der Waals surface area contributed by atoms with Gasteiger partial charge >= 0.3 is 0 Å². The lowest BCUT2D eigenvalue weighted by molar-refractivity contribution is 0.0536. The molecule has 3 nitrogen and oxygen atoms in total. The van der Waals surface area contributed by atoms with E-state index < -0.39 is 11.9 Å². The smallest absolute Gasteiger partial charge is 0.195 e. The molecule has 0 bridgehead atoms. The first-order chi connectivity index (χ1) is 8.17. The van der Waals surface area contributed by atoms with Crippen LogP contribution in [0.5, 0.6) is 5.75 Å². The molecule has 17 heavy (non-hydrogen) atoms. The summed E-state index contributed by atoms with van der Waals surface area (Å²) in [5, 5.41) is 0. The SMILES string of the molecule is COc1ccc(F)cc1C(=O)C(OC)C1CC1. The first-order valence-electron chi connectivity index (χ1n) is 5.58. The van der Waals surface area contributed by atoms with Crippen LogP contribution in [0.15, 0.2) is 18.2 Å². The number of carbonyl (C=O) groups is 1. The number of hydrogen-bond donors (Lipinski definition) is 0. The third kappa shape index (κ3) is 2.47. The van der Waals surface area contributed by atoms with Crippen molar-refractivity contribution in [3.8, 4) is 5.75 Å². The van der Waals surface area contributed by atoms with Gasteiger partial charge in [-0.1, -0.05) is 0 Å². The zero-order valence-corrected chi connectivity index (χ0v) is 9.90. The number of carbonyl (C=O) groups excluding carboxylic acids is 1. The Labute approximate surface area is 99.5 Å². The summed E-state index contributed by atoms with van der Waals surface area (Å²) in [4.78, 5) is 12.2. The number of halogens is 1. The average molecular weight is 238 g/mol. The number of hydrogen-bond acceptors (Lipinski definition) is 3. The maximum atomic E-state index is 13.2. The van der Waals surface area contributed by atoms with Crippen LogP contribution in [0.2, 0.25) is 0 Å². The summed E-state index contributed by atoms with van der Waals surface area (Å²) in [5.41, 5.74) is 0.256. The van der Waals surface area contributed by atoms with Crippen molar-refractivity contribution in [1.29, 1.82) is 0 Å². The van der Waals surface area contributed by atoms with Crippen LogP contribution >= 0.6 is 0 Å². The summed E-state index contributed by atoms with van der Waals surface area (Å²) in [7, 11) is 2.97. The molecule has 1 aliphatic rings. The van der Waals surface area contributed by atoms with Crippen molar-refractivity contribution < 1.29 is 18.7 Å². The molecule has 1 atom stereocenters. The molecule has 1 aromatic carbocycles. The lowest BCUT2D eigenvalue weighted by Gasteiger charge is -2.15. The number of rotatable bonds is 5. The Hall–Kier alpha value is -1.42. The second-order valence-corrected chi connectivity index (χ2v) is 4.20. The topological polar surface area (TPSA) is 35.5 Å². The van der Waals surface area contributed by atoms with Crippen molar-refractivity contribution >= 4 is 5.78 Å². The molecule has 0 heterocycles. The molecular weight excluding hydrogens is 223 g/mol. The quantitative estimate of drug-likeness (QED) is 0.739. The fraction of sp³-hybridized carbons (Fsp3) is 0.462. The molecule has 1 fully saturated rings. The second-order valence-electron chi connectivity index (χ2n) is 4.20. The highest BCUT2D eigenvalue weighted by atomic mass is 19.1. The van der Waals surface area contributed by atoms with Gasteiger partial charge in [0, 0.05) is 7.11 Å². The predicted octanol–water partition coefficient (Wildman–Crippen LogP) is 2.44. The lowest BCUT2D eigenvalue weighted by Crippen LogP contribution is -2.25. The Morgan fingerprint density at radius 3 is 2.65 bits per heavy atom. The van der Waals surface area contributed by atoms with Crippen molar-refractivity contribution in [2.75, 3.05) is 14.2 Å². The van der Waals surface area contributed by atoms with Gasteiger partial charge < -0.3 is 9.47 Å². The molecule has 0 aromatic heterocycles. The van der Waals surface area contributed by atoms with E-state index in [-0.39, 0.29) is 17.3 Å². The lowest BCUT2D eigenvalue weighted by atomic mass is 10.0. The van der Waals surface area contributed by atoms with Crippen LogP contribution < -0.4 is 4.74 Å². The molecule has 1 aliphatic carbocycles. The molecular formula is C13H15FO3. The van der Waals surface area contributed by atoms with Gasteiger partial charge in [-0.15, -0.1) is 0 Å². The molecule has 0 aliphatic heterocycles. The van der Waals surface area contributed by atoms with Crippen molar-refractivity contribution in [1.82, 2.24) is 0 Å². The van der Waals surface area contributed by atoms with Crippen molar-refractivity contribution in [3.05, 3.63) is 29.6 Å². The molecule has 0 radical (unpaired) electrons. The van der Waals surface area contributed by atoms with E-state index in [1.807, 2.05) is 0 Å².